The molecule has 7 heteroatoms. The Morgan fingerprint density at radius 1 is 1.35 bits per heavy atom. The SMILES string of the molecule is CCc1cc2c(s1)S(=O)CCC1CC(=O)N(c3ccc(OC)cc3)N=C21. The highest BCUT2D eigenvalue weighted by molar-refractivity contribution is 7.87. The standard InChI is InChI=1S/C19H20N2O3S2/c1-3-15-11-16-18-12(8-9-26(23)19(16)25-15)10-17(22)21(20-18)13-4-6-14(24-2)7-5-13/h4-7,11-12H,3,8-10H2,1-2H3. The van der Waals surface area contributed by atoms with E-state index in [2.05, 4.69) is 13.0 Å². The predicted octanol–water partition coefficient (Wildman–Crippen LogP) is 3.59. The largest absolute Gasteiger partial charge is 0.497 e. The van der Waals surface area contributed by atoms with Gasteiger partial charge < -0.3 is 4.74 Å². The van der Waals surface area contributed by atoms with Crippen molar-refractivity contribution in [3.05, 3.63) is 40.8 Å². The van der Waals surface area contributed by atoms with Gasteiger partial charge in [-0.05, 0) is 43.2 Å². The number of nitrogens with zero attached hydrogens (tertiary/aromatic N) is 2. The molecular formula is C19H20N2O3S2. The van der Waals surface area contributed by atoms with Gasteiger partial charge in [0.1, 0.15) is 9.96 Å². The molecule has 136 valence electrons. The minimum Gasteiger partial charge on any atom is -0.497 e. The van der Waals surface area contributed by atoms with Crippen LogP contribution in [0.25, 0.3) is 0 Å². The molecule has 0 spiro atoms. The molecular weight excluding hydrogens is 368 g/mol. The van der Waals surface area contributed by atoms with Gasteiger partial charge in [-0.2, -0.15) is 5.10 Å². The molecule has 2 aliphatic heterocycles. The molecule has 2 unspecified atom stereocenters. The molecule has 26 heavy (non-hydrogen) atoms. The summed E-state index contributed by atoms with van der Waals surface area (Å²) in [5.41, 5.74) is 2.59. The van der Waals surface area contributed by atoms with E-state index in [9.17, 15) is 9.00 Å². The number of carbonyl (C=O) groups is 1. The van der Waals surface area contributed by atoms with Gasteiger partial charge in [0.05, 0.1) is 29.3 Å². The monoisotopic (exact) mass is 388 g/mol. The first-order chi connectivity index (χ1) is 12.6. The second kappa shape index (κ2) is 6.96. The quantitative estimate of drug-likeness (QED) is 0.807. The highest BCUT2D eigenvalue weighted by atomic mass is 32.2. The van der Waals surface area contributed by atoms with E-state index in [0.717, 1.165) is 39.8 Å². The lowest BCUT2D eigenvalue weighted by molar-refractivity contribution is -0.119. The Morgan fingerprint density at radius 3 is 2.81 bits per heavy atom. The van der Waals surface area contributed by atoms with E-state index in [1.807, 2.05) is 24.3 Å². The molecule has 4 rings (SSSR count). The Balaban J connectivity index is 1.79. The smallest absolute Gasteiger partial charge is 0.248 e. The third-order valence-electron chi connectivity index (χ3n) is 4.80. The summed E-state index contributed by atoms with van der Waals surface area (Å²) in [6.45, 7) is 2.10. The number of hydrazone groups is 1. The van der Waals surface area contributed by atoms with Gasteiger partial charge in [0.15, 0.2) is 0 Å². The molecule has 3 heterocycles. The van der Waals surface area contributed by atoms with Crippen molar-refractivity contribution in [2.75, 3.05) is 17.9 Å². The molecule has 0 bridgehead atoms. The molecule has 1 aromatic heterocycles. The van der Waals surface area contributed by atoms with Gasteiger partial charge in [-0.25, -0.2) is 5.01 Å². The number of anilines is 1. The van der Waals surface area contributed by atoms with Crippen molar-refractivity contribution in [3.63, 3.8) is 0 Å². The lowest BCUT2D eigenvalue weighted by atomic mass is 9.91. The molecule has 0 saturated carbocycles. The van der Waals surface area contributed by atoms with E-state index in [-0.39, 0.29) is 11.8 Å². The van der Waals surface area contributed by atoms with Crippen LogP contribution in [0.2, 0.25) is 0 Å². The van der Waals surface area contributed by atoms with Crippen molar-refractivity contribution in [3.8, 4) is 5.75 Å². The van der Waals surface area contributed by atoms with Crippen LogP contribution in [0.5, 0.6) is 5.75 Å². The molecule has 2 atom stereocenters. The van der Waals surface area contributed by atoms with E-state index < -0.39 is 10.8 Å². The molecule has 0 radical (unpaired) electrons. The second-order valence-corrected chi connectivity index (χ2v) is 9.30. The summed E-state index contributed by atoms with van der Waals surface area (Å²) >= 11 is 1.61. The average Bonchev–Trinajstić information content (AvgIpc) is 3.06. The third-order valence-corrected chi connectivity index (χ3v) is 7.92. The molecule has 1 amide bonds. The molecule has 0 N–H and O–H groups in total. The average molecular weight is 389 g/mol. The number of carbonyl (C=O) groups excluding carboxylic acids is 1. The Labute approximate surface area is 159 Å². The molecule has 0 aliphatic carbocycles. The normalized spacial score (nSPS) is 22.3. The maximum absolute atomic E-state index is 12.7. The number of amides is 1. The van der Waals surface area contributed by atoms with Crippen LogP contribution >= 0.6 is 11.3 Å². The van der Waals surface area contributed by atoms with Crippen molar-refractivity contribution >= 4 is 39.4 Å². The molecule has 5 nitrogen and oxygen atoms in total. The van der Waals surface area contributed by atoms with E-state index in [1.54, 1.807) is 18.4 Å². The summed E-state index contributed by atoms with van der Waals surface area (Å²) in [4.78, 5) is 13.9. The number of ether oxygens (including phenoxy) is 1. The zero-order chi connectivity index (χ0) is 18.3. The molecule has 0 saturated heterocycles. The Hall–Kier alpha value is -1.99. The number of methoxy groups -OCH3 is 1. The summed E-state index contributed by atoms with van der Waals surface area (Å²) in [7, 11) is 0.602. The Bertz CT molecular complexity index is 902. The lowest BCUT2D eigenvalue weighted by Gasteiger charge is -2.28. The third kappa shape index (κ3) is 2.99. The number of rotatable bonds is 3. The number of thiophene rings is 1. The lowest BCUT2D eigenvalue weighted by Crippen LogP contribution is -2.37. The van der Waals surface area contributed by atoms with Gasteiger partial charge in [-0.1, -0.05) is 6.92 Å². The highest BCUT2D eigenvalue weighted by Crippen LogP contribution is 2.37. The van der Waals surface area contributed by atoms with Crippen molar-refractivity contribution in [1.29, 1.82) is 0 Å². The zero-order valence-corrected chi connectivity index (χ0v) is 16.4. The van der Waals surface area contributed by atoms with E-state index in [1.165, 1.54) is 9.89 Å². The maximum atomic E-state index is 12.7. The van der Waals surface area contributed by atoms with Gasteiger partial charge >= 0.3 is 0 Å². The molecule has 1 aromatic carbocycles. The van der Waals surface area contributed by atoms with Gasteiger partial charge in [0.2, 0.25) is 5.91 Å². The number of benzene rings is 1. The minimum atomic E-state index is -1.01. The predicted molar refractivity (Wildman–Crippen MR) is 105 cm³/mol. The number of aryl methyl sites for hydroxylation is 1. The van der Waals surface area contributed by atoms with Crippen LogP contribution < -0.4 is 9.75 Å². The highest BCUT2D eigenvalue weighted by Gasteiger charge is 2.36. The summed E-state index contributed by atoms with van der Waals surface area (Å²) in [5, 5.41) is 6.20. The second-order valence-electron chi connectivity index (χ2n) is 6.40. The van der Waals surface area contributed by atoms with Crippen LogP contribution in [0, 0.1) is 5.92 Å². The fourth-order valence-electron chi connectivity index (χ4n) is 3.36. The number of hydrogen-bond donors (Lipinski definition) is 0. The van der Waals surface area contributed by atoms with Gasteiger partial charge in [0, 0.05) is 28.5 Å². The van der Waals surface area contributed by atoms with Crippen LogP contribution in [-0.2, 0) is 22.0 Å². The molecule has 0 fully saturated rings. The number of hydrogen-bond acceptors (Lipinski definition) is 5. The summed E-state index contributed by atoms with van der Waals surface area (Å²) in [6.07, 6.45) is 2.04. The maximum Gasteiger partial charge on any atom is 0.248 e. The van der Waals surface area contributed by atoms with E-state index >= 15 is 0 Å². The Kier molecular flexibility index (Phi) is 4.67. The topological polar surface area (TPSA) is 59.0 Å². The number of fused-ring (bicyclic) bond motifs is 3. The van der Waals surface area contributed by atoms with E-state index in [4.69, 9.17) is 9.84 Å². The van der Waals surface area contributed by atoms with Gasteiger partial charge in [-0.15, -0.1) is 11.3 Å². The van der Waals surface area contributed by atoms with Crippen LogP contribution in [-0.4, -0.2) is 28.7 Å². The van der Waals surface area contributed by atoms with Crippen LogP contribution in [0.3, 0.4) is 0 Å². The van der Waals surface area contributed by atoms with Crippen molar-refractivity contribution < 1.29 is 13.7 Å². The van der Waals surface area contributed by atoms with Crippen LogP contribution in [0.15, 0.2) is 39.6 Å². The zero-order valence-electron chi connectivity index (χ0n) is 14.7. The molecule has 2 aliphatic rings. The minimum absolute atomic E-state index is 0.0240. The van der Waals surface area contributed by atoms with Gasteiger partial charge in [0.25, 0.3) is 0 Å². The summed E-state index contributed by atoms with van der Waals surface area (Å²) in [5.74, 6) is 1.35. The first-order valence-electron chi connectivity index (χ1n) is 8.67. The van der Waals surface area contributed by atoms with Crippen molar-refractivity contribution in [1.82, 2.24) is 0 Å². The van der Waals surface area contributed by atoms with Crippen molar-refractivity contribution in [2.24, 2.45) is 11.0 Å². The van der Waals surface area contributed by atoms with Gasteiger partial charge in [-0.3, -0.25) is 9.00 Å². The van der Waals surface area contributed by atoms with Crippen LogP contribution in [0.4, 0.5) is 5.69 Å². The fraction of sp³-hybridized carbons (Fsp3) is 0.368. The fourth-order valence-corrected chi connectivity index (χ4v) is 6.23. The summed E-state index contributed by atoms with van der Waals surface area (Å²) in [6, 6.07) is 9.42. The Morgan fingerprint density at radius 2 is 2.12 bits per heavy atom. The first kappa shape index (κ1) is 17.4. The van der Waals surface area contributed by atoms with Crippen molar-refractivity contribution in [2.45, 2.75) is 30.4 Å². The van der Waals surface area contributed by atoms with E-state index in [0.29, 0.717) is 12.2 Å². The first-order valence-corrected chi connectivity index (χ1v) is 10.8. The molecule has 2 aromatic rings. The van der Waals surface area contributed by atoms with Crippen LogP contribution in [0.1, 0.15) is 30.2 Å². The summed E-state index contributed by atoms with van der Waals surface area (Å²) < 4.78 is 18.7.